The van der Waals surface area contributed by atoms with Gasteiger partial charge in [0.1, 0.15) is 11.5 Å². The van der Waals surface area contributed by atoms with Gasteiger partial charge in [-0.2, -0.15) is 0 Å². The minimum atomic E-state index is -0.146. The van der Waals surface area contributed by atoms with Crippen molar-refractivity contribution >= 4 is 11.6 Å². The van der Waals surface area contributed by atoms with Crippen molar-refractivity contribution in [2.75, 3.05) is 25.0 Å². The Morgan fingerprint density at radius 1 is 1.20 bits per heavy atom. The molecule has 0 bridgehead atoms. The number of carbonyl (C=O) groups is 1. The van der Waals surface area contributed by atoms with Crippen LogP contribution in [0.2, 0.25) is 0 Å². The van der Waals surface area contributed by atoms with Crippen molar-refractivity contribution in [3.8, 4) is 0 Å². The number of hydrogen-bond donors (Lipinski definition) is 2. The lowest BCUT2D eigenvalue weighted by Gasteiger charge is -2.30. The summed E-state index contributed by atoms with van der Waals surface area (Å²) in [6, 6.07) is 12.6. The second-order valence-electron chi connectivity index (χ2n) is 6.83. The van der Waals surface area contributed by atoms with Crippen molar-refractivity contribution in [3.05, 3.63) is 53.5 Å². The Bertz CT molecular complexity index is 685. The normalized spacial score (nSPS) is 16.0. The van der Waals surface area contributed by atoms with Crippen molar-refractivity contribution in [1.82, 2.24) is 4.90 Å². The van der Waals surface area contributed by atoms with Crippen LogP contribution in [0, 0.1) is 12.8 Å². The van der Waals surface area contributed by atoms with E-state index in [2.05, 4.69) is 34.5 Å². The summed E-state index contributed by atoms with van der Waals surface area (Å²) in [5.74, 6) is 1.81. The molecule has 2 aromatic rings. The van der Waals surface area contributed by atoms with Gasteiger partial charge in [0.25, 0.3) is 0 Å². The second kappa shape index (κ2) is 8.21. The molecule has 0 atom stereocenters. The number of benzene rings is 1. The molecule has 0 aliphatic carbocycles. The number of likely N-dealkylation sites (tertiary alicyclic amines) is 1. The molecule has 1 saturated heterocycles. The SMILES string of the molecule is Cc1ccc(CNc2ccc(CCN3CCC(C(N)=O)CC3)cc2)o1. The molecule has 1 amide bonds. The molecule has 3 N–H and O–H groups in total. The Labute approximate surface area is 149 Å². The molecule has 0 saturated carbocycles. The molecule has 0 radical (unpaired) electrons. The van der Waals surface area contributed by atoms with E-state index in [0.717, 1.165) is 56.1 Å². The van der Waals surface area contributed by atoms with E-state index in [1.807, 2.05) is 19.1 Å². The Balaban J connectivity index is 1.41. The number of rotatable bonds is 7. The highest BCUT2D eigenvalue weighted by molar-refractivity contribution is 5.76. The van der Waals surface area contributed by atoms with Crippen molar-refractivity contribution in [1.29, 1.82) is 0 Å². The predicted molar refractivity (Wildman–Crippen MR) is 99.3 cm³/mol. The quantitative estimate of drug-likeness (QED) is 0.812. The molecule has 1 aliphatic heterocycles. The maximum atomic E-state index is 11.2. The summed E-state index contributed by atoms with van der Waals surface area (Å²) in [6.45, 7) is 5.62. The fourth-order valence-corrected chi connectivity index (χ4v) is 3.29. The summed E-state index contributed by atoms with van der Waals surface area (Å²) in [4.78, 5) is 13.6. The average Bonchev–Trinajstić information content (AvgIpc) is 3.05. The van der Waals surface area contributed by atoms with Gasteiger partial charge in [0.05, 0.1) is 6.54 Å². The summed E-state index contributed by atoms with van der Waals surface area (Å²) in [5, 5.41) is 3.37. The first-order chi connectivity index (χ1) is 12.1. The van der Waals surface area contributed by atoms with Crippen LogP contribution in [-0.4, -0.2) is 30.4 Å². The minimum absolute atomic E-state index is 0.0690. The lowest BCUT2D eigenvalue weighted by atomic mass is 9.96. The van der Waals surface area contributed by atoms with E-state index in [-0.39, 0.29) is 11.8 Å². The van der Waals surface area contributed by atoms with Crippen LogP contribution in [0.15, 0.2) is 40.8 Å². The maximum Gasteiger partial charge on any atom is 0.220 e. The first-order valence-electron chi connectivity index (χ1n) is 9.00. The summed E-state index contributed by atoms with van der Waals surface area (Å²) >= 11 is 0. The molecule has 1 aromatic heterocycles. The first-order valence-corrected chi connectivity index (χ1v) is 9.00. The third kappa shape index (κ3) is 5.10. The lowest BCUT2D eigenvalue weighted by molar-refractivity contribution is -0.123. The number of anilines is 1. The zero-order valence-corrected chi connectivity index (χ0v) is 14.8. The highest BCUT2D eigenvalue weighted by Gasteiger charge is 2.22. The van der Waals surface area contributed by atoms with E-state index in [0.29, 0.717) is 6.54 Å². The van der Waals surface area contributed by atoms with E-state index in [4.69, 9.17) is 10.2 Å². The third-order valence-corrected chi connectivity index (χ3v) is 4.92. The average molecular weight is 341 g/mol. The summed E-state index contributed by atoms with van der Waals surface area (Å²) in [6.07, 6.45) is 2.81. The molecule has 2 heterocycles. The Kier molecular flexibility index (Phi) is 5.76. The molecule has 3 rings (SSSR count). The van der Waals surface area contributed by atoms with Gasteiger partial charge in [-0.15, -0.1) is 0 Å². The second-order valence-corrected chi connectivity index (χ2v) is 6.83. The Morgan fingerprint density at radius 3 is 2.52 bits per heavy atom. The molecular weight excluding hydrogens is 314 g/mol. The predicted octanol–water partition coefficient (Wildman–Crippen LogP) is 2.94. The highest BCUT2D eigenvalue weighted by atomic mass is 16.3. The summed E-state index contributed by atoms with van der Waals surface area (Å²) in [5.41, 5.74) is 7.81. The van der Waals surface area contributed by atoms with Crippen LogP contribution in [0.25, 0.3) is 0 Å². The number of furan rings is 1. The van der Waals surface area contributed by atoms with Gasteiger partial charge in [-0.25, -0.2) is 0 Å². The van der Waals surface area contributed by atoms with Crippen LogP contribution in [0.3, 0.4) is 0 Å². The van der Waals surface area contributed by atoms with Gasteiger partial charge in [0, 0.05) is 18.2 Å². The van der Waals surface area contributed by atoms with E-state index in [9.17, 15) is 4.79 Å². The molecule has 1 aliphatic rings. The fourth-order valence-electron chi connectivity index (χ4n) is 3.29. The minimum Gasteiger partial charge on any atom is -0.465 e. The number of nitrogens with one attached hydrogen (secondary N) is 1. The van der Waals surface area contributed by atoms with Gasteiger partial charge in [-0.05, 0) is 69.1 Å². The zero-order chi connectivity index (χ0) is 17.6. The molecule has 5 nitrogen and oxygen atoms in total. The van der Waals surface area contributed by atoms with Crippen LogP contribution in [0.5, 0.6) is 0 Å². The van der Waals surface area contributed by atoms with Crippen LogP contribution in [0.1, 0.15) is 29.9 Å². The van der Waals surface area contributed by atoms with E-state index in [1.165, 1.54) is 5.56 Å². The smallest absolute Gasteiger partial charge is 0.220 e. The monoisotopic (exact) mass is 341 g/mol. The van der Waals surface area contributed by atoms with E-state index < -0.39 is 0 Å². The van der Waals surface area contributed by atoms with Crippen LogP contribution < -0.4 is 11.1 Å². The lowest BCUT2D eigenvalue weighted by Crippen LogP contribution is -2.39. The molecule has 1 aromatic carbocycles. The van der Waals surface area contributed by atoms with Gasteiger partial charge in [0.2, 0.25) is 5.91 Å². The van der Waals surface area contributed by atoms with Crippen LogP contribution >= 0.6 is 0 Å². The van der Waals surface area contributed by atoms with Crippen molar-refractivity contribution in [2.24, 2.45) is 11.7 Å². The topological polar surface area (TPSA) is 71.5 Å². The number of primary amides is 1. The number of nitrogens with two attached hydrogens (primary N) is 1. The van der Waals surface area contributed by atoms with Crippen molar-refractivity contribution in [2.45, 2.75) is 32.7 Å². The van der Waals surface area contributed by atoms with Crippen LogP contribution in [0.4, 0.5) is 5.69 Å². The zero-order valence-electron chi connectivity index (χ0n) is 14.8. The Morgan fingerprint density at radius 2 is 1.92 bits per heavy atom. The van der Waals surface area contributed by atoms with Gasteiger partial charge >= 0.3 is 0 Å². The van der Waals surface area contributed by atoms with Crippen molar-refractivity contribution in [3.63, 3.8) is 0 Å². The molecule has 134 valence electrons. The first kappa shape index (κ1) is 17.5. The number of nitrogens with zero attached hydrogens (tertiary/aromatic N) is 1. The molecule has 0 unspecified atom stereocenters. The largest absolute Gasteiger partial charge is 0.465 e. The number of piperidine rings is 1. The molecular formula is C20H27N3O2. The van der Waals surface area contributed by atoms with Crippen molar-refractivity contribution < 1.29 is 9.21 Å². The van der Waals surface area contributed by atoms with Gasteiger partial charge < -0.3 is 20.4 Å². The number of amides is 1. The summed E-state index contributed by atoms with van der Waals surface area (Å²) in [7, 11) is 0. The molecule has 0 spiro atoms. The van der Waals surface area contributed by atoms with Gasteiger partial charge in [0.15, 0.2) is 0 Å². The fraction of sp³-hybridized carbons (Fsp3) is 0.450. The van der Waals surface area contributed by atoms with E-state index >= 15 is 0 Å². The van der Waals surface area contributed by atoms with Gasteiger partial charge in [-0.1, -0.05) is 12.1 Å². The molecule has 1 fully saturated rings. The highest BCUT2D eigenvalue weighted by Crippen LogP contribution is 2.18. The van der Waals surface area contributed by atoms with Crippen LogP contribution in [-0.2, 0) is 17.8 Å². The molecule has 25 heavy (non-hydrogen) atoms. The number of hydrogen-bond acceptors (Lipinski definition) is 4. The standard InChI is InChI=1S/C20H27N3O2/c1-15-2-7-19(25-15)14-22-18-5-3-16(4-6-18)8-11-23-12-9-17(10-13-23)20(21)24/h2-7,17,22H,8-14H2,1H3,(H2,21,24). The van der Waals surface area contributed by atoms with Gasteiger partial charge in [-0.3, -0.25) is 4.79 Å². The Hall–Kier alpha value is -2.27. The molecule has 5 heteroatoms. The third-order valence-electron chi connectivity index (χ3n) is 4.92. The number of aryl methyl sites for hydroxylation is 1. The van der Waals surface area contributed by atoms with E-state index in [1.54, 1.807) is 0 Å². The maximum absolute atomic E-state index is 11.2. The number of carbonyl (C=O) groups excluding carboxylic acids is 1. The summed E-state index contributed by atoms with van der Waals surface area (Å²) < 4.78 is 5.56.